The molecule has 3 N–H and O–H groups in total. The van der Waals surface area contributed by atoms with E-state index in [0.29, 0.717) is 16.6 Å². The molecule has 0 aliphatic heterocycles. The van der Waals surface area contributed by atoms with E-state index in [2.05, 4.69) is 15.3 Å². The summed E-state index contributed by atoms with van der Waals surface area (Å²) in [5.41, 5.74) is 7.80. The summed E-state index contributed by atoms with van der Waals surface area (Å²) >= 11 is 5.86. The second-order valence-corrected chi connectivity index (χ2v) is 5.83. The SMILES string of the molecule is Cc1ccnc(N=C(N)Nc2ccc(Oc3ccc(Cl)cc3)cc2)c1. The third-order valence-electron chi connectivity index (χ3n) is 3.31. The third-order valence-corrected chi connectivity index (χ3v) is 3.56. The Bertz CT molecular complexity index is 877. The summed E-state index contributed by atoms with van der Waals surface area (Å²) in [6.07, 6.45) is 1.70. The minimum absolute atomic E-state index is 0.268. The number of nitrogens with zero attached hydrogens (tertiary/aromatic N) is 2. The maximum Gasteiger partial charge on any atom is 0.199 e. The van der Waals surface area contributed by atoms with E-state index in [4.69, 9.17) is 22.1 Å². The molecule has 1 heterocycles. The topological polar surface area (TPSA) is 72.5 Å². The molecule has 0 unspecified atom stereocenters. The van der Waals surface area contributed by atoms with Crippen molar-refractivity contribution in [2.75, 3.05) is 5.32 Å². The molecule has 0 amide bonds. The fourth-order valence-corrected chi connectivity index (χ4v) is 2.25. The molecule has 6 heteroatoms. The molecule has 0 spiro atoms. The number of halogens is 1. The number of hydrogen-bond acceptors (Lipinski definition) is 3. The smallest absolute Gasteiger partial charge is 0.199 e. The molecule has 126 valence electrons. The molecule has 0 aliphatic rings. The second-order valence-electron chi connectivity index (χ2n) is 5.39. The highest BCUT2D eigenvalue weighted by molar-refractivity contribution is 6.30. The van der Waals surface area contributed by atoms with Crippen LogP contribution in [0.3, 0.4) is 0 Å². The number of hydrogen-bond donors (Lipinski definition) is 2. The molecule has 0 saturated heterocycles. The van der Waals surface area contributed by atoms with Gasteiger partial charge in [-0.1, -0.05) is 11.6 Å². The average molecular weight is 353 g/mol. The molecule has 2 aromatic carbocycles. The number of rotatable bonds is 4. The van der Waals surface area contributed by atoms with Crippen LogP contribution in [0.2, 0.25) is 5.02 Å². The summed E-state index contributed by atoms with van der Waals surface area (Å²) in [5, 5.41) is 3.69. The van der Waals surface area contributed by atoms with Gasteiger partial charge in [-0.2, -0.15) is 4.99 Å². The van der Waals surface area contributed by atoms with Crippen molar-refractivity contribution in [3.05, 3.63) is 77.4 Å². The van der Waals surface area contributed by atoms with Gasteiger partial charge >= 0.3 is 0 Å². The highest BCUT2D eigenvalue weighted by atomic mass is 35.5. The van der Waals surface area contributed by atoms with E-state index >= 15 is 0 Å². The van der Waals surface area contributed by atoms with Crippen LogP contribution in [-0.2, 0) is 0 Å². The summed E-state index contributed by atoms with van der Waals surface area (Å²) in [4.78, 5) is 8.39. The molecule has 0 atom stereocenters. The summed E-state index contributed by atoms with van der Waals surface area (Å²) in [6, 6.07) is 18.4. The van der Waals surface area contributed by atoms with Crippen LogP contribution in [0.5, 0.6) is 11.5 Å². The Morgan fingerprint density at radius 1 is 1.04 bits per heavy atom. The minimum Gasteiger partial charge on any atom is -0.457 e. The average Bonchev–Trinajstić information content (AvgIpc) is 2.59. The van der Waals surface area contributed by atoms with Crippen molar-refractivity contribution in [2.45, 2.75) is 6.92 Å². The van der Waals surface area contributed by atoms with E-state index in [0.717, 1.165) is 17.0 Å². The maximum atomic E-state index is 5.92. The number of ether oxygens (including phenoxy) is 1. The van der Waals surface area contributed by atoms with Crippen molar-refractivity contribution >= 4 is 29.1 Å². The summed E-state index contributed by atoms with van der Waals surface area (Å²) in [6.45, 7) is 1.98. The van der Waals surface area contributed by atoms with Gasteiger partial charge in [0.1, 0.15) is 11.5 Å². The number of nitrogens with one attached hydrogen (secondary N) is 1. The Morgan fingerprint density at radius 2 is 1.68 bits per heavy atom. The molecule has 3 rings (SSSR count). The molecule has 0 aliphatic carbocycles. The van der Waals surface area contributed by atoms with Gasteiger partial charge in [-0.05, 0) is 73.2 Å². The second kappa shape index (κ2) is 7.68. The Kier molecular flexibility index (Phi) is 5.16. The fourth-order valence-electron chi connectivity index (χ4n) is 2.13. The van der Waals surface area contributed by atoms with Gasteiger partial charge in [-0.15, -0.1) is 0 Å². The summed E-state index contributed by atoms with van der Waals surface area (Å²) in [7, 11) is 0. The fraction of sp³-hybridized carbons (Fsp3) is 0.0526. The zero-order chi connectivity index (χ0) is 17.6. The molecular weight excluding hydrogens is 336 g/mol. The molecule has 5 nitrogen and oxygen atoms in total. The van der Waals surface area contributed by atoms with E-state index in [1.54, 1.807) is 18.3 Å². The first kappa shape index (κ1) is 16.8. The molecule has 0 saturated carbocycles. The predicted octanol–water partition coefficient (Wildman–Crippen LogP) is 4.89. The lowest BCUT2D eigenvalue weighted by molar-refractivity contribution is 0.483. The van der Waals surface area contributed by atoms with Gasteiger partial charge in [0.2, 0.25) is 0 Å². The van der Waals surface area contributed by atoms with Crippen LogP contribution in [-0.4, -0.2) is 10.9 Å². The van der Waals surface area contributed by atoms with Gasteiger partial charge in [-0.3, -0.25) is 0 Å². The molecule has 0 fully saturated rings. The van der Waals surface area contributed by atoms with Crippen molar-refractivity contribution < 1.29 is 4.74 Å². The predicted molar refractivity (Wildman–Crippen MR) is 102 cm³/mol. The van der Waals surface area contributed by atoms with Crippen molar-refractivity contribution in [3.8, 4) is 11.5 Å². The number of aryl methyl sites for hydroxylation is 1. The minimum atomic E-state index is 0.268. The first-order valence-corrected chi connectivity index (χ1v) is 8.03. The third kappa shape index (κ3) is 4.96. The number of aromatic nitrogens is 1. The lowest BCUT2D eigenvalue weighted by Crippen LogP contribution is -2.21. The van der Waals surface area contributed by atoms with Crippen LogP contribution in [0.1, 0.15) is 5.56 Å². The zero-order valence-corrected chi connectivity index (χ0v) is 14.4. The van der Waals surface area contributed by atoms with E-state index in [-0.39, 0.29) is 5.96 Å². The summed E-state index contributed by atoms with van der Waals surface area (Å²) in [5.74, 6) is 2.26. The molecule has 0 bridgehead atoms. The van der Waals surface area contributed by atoms with Crippen LogP contribution in [0, 0.1) is 6.92 Å². The van der Waals surface area contributed by atoms with Crippen LogP contribution in [0.25, 0.3) is 0 Å². The Labute approximate surface area is 151 Å². The van der Waals surface area contributed by atoms with Crippen LogP contribution in [0.4, 0.5) is 11.5 Å². The van der Waals surface area contributed by atoms with Gasteiger partial charge in [0.25, 0.3) is 0 Å². The van der Waals surface area contributed by atoms with E-state index in [9.17, 15) is 0 Å². The largest absolute Gasteiger partial charge is 0.457 e. The lowest BCUT2D eigenvalue weighted by Gasteiger charge is -2.08. The number of benzene rings is 2. The highest BCUT2D eigenvalue weighted by Gasteiger charge is 2.00. The molecule has 0 radical (unpaired) electrons. The van der Waals surface area contributed by atoms with Gasteiger partial charge < -0.3 is 15.8 Å². The Balaban J connectivity index is 1.65. The van der Waals surface area contributed by atoms with Gasteiger partial charge in [0.15, 0.2) is 11.8 Å². The number of pyridine rings is 1. The molecule has 25 heavy (non-hydrogen) atoms. The van der Waals surface area contributed by atoms with Crippen LogP contribution < -0.4 is 15.8 Å². The van der Waals surface area contributed by atoms with E-state index < -0.39 is 0 Å². The van der Waals surface area contributed by atoms with Crippen molar-refractivity contribution in [1.82, 2.24) is 4.98 Å². The lowest BCUT2D eigenvalue weighted by atomic mass is 10.3. The number of aliphatic imine (C=N–C) groups is 1. The maximum absolute atomic E-state index is 5.92. The van der Waals surface area contributed by atoms with E-state index in [1.165, 1.54) is 0 Å². The monoisotopic (exact) mass is 352 g/mol. The standard InChI is InChI=1S/C19H17ClN4O/c1-13-10-11-22-18(12-13)24-19(21)23-15-4-8-17(9-5-15)25-16-6-2-14(20)3-7-16/h2-12H,1H3,(H3,21,22,23,24). The highest BCUT2D eigenvalue weighted by Crippen LogP contribution is 2.24. The van der Waals surface area contributed by atoms with E-state index in [1.807, 2.05) is 55.5 Å². The first-order chi connectivity index (χ1) is 12.1. The Morgan fingerprint density at radius 3 is 2.32 bits per heavy atom. The molecule has 1 aromatic heterocycles. The van der Waals surface area contributed by atoms with Crippen LogP contribution in [0.15, 0.2) is 71.9 Å². The van der Waals surface area contributed by atoms with Crippen molar-refractivity contribution in [3.63, 3.8) is 0 Å². The molecular formula is C19H17ClN4O. The normalized spacial score (nSPS) is 11.2. The Hall–Kier alpha value is -3.05. The quantitative estimate of drug-likeness (QED) is 0.517. The zero-order valence-electron chi connectivity index (χ0n) is 13.6. The first-order valence-electron chi connectivity index (χ1n) is 7.66. The van der Waals surface area contributed by atoms with Gasteiger partial charge in [0, 0.05) is 16.9 Å². The number of nitrogens with two attached hydrogens (primary N) is 1. The van der Waals surface area contributed by atoms with Gasteiger partial charge in [-0.25, -0.2) is 4.98 Å². The van der Waals surface area contributed by atoms with Gasteiger partial charge in [0.05, 0.1) is 0 Å². The van der Waals surface area contributed by atoms with Crippen molar-refractivity contribution in [2.24, 2.45) is 10.7 Å². The van der Waals surface area contributed by atoms with Crippen LogP contribution >= 0.6 is 11.6 Å². The number of guanidine groups is 1. The van der Waals surface area contributed by atoms with Crippen molar-refractivity contribution in [1.29, 1.82) is 0 Å². The summed E-state index contributed by atoms with van der Waals surface area (Å²) < 4.78 is 5.74. The number of anilines is 1. The molecule has 3 aromatic rings.